The molecule has 2 heteroatoms. The van der Waals surface area contributed by atoms with E-state index in [1.54, 1.807) is 0 Å². The summed E-state index contributed by atoms with van der Waals surface area (Å²) in [4.78, 5) is 0. The molecule has 0 aromatic heterocycles. The molecule has 1 aromatic carbocycles. The smallest absolute Gasteiger partial charge is 0.0522 e. The van der Waals surface area contributed by atoms with E-state index in [9.17, 15) is 0 Å². The van der Waals surface area contributed by atoms with Crippen LogP contribution >= 0.6 is 0 Å². The lowest BCUT2D eigenvalue weighted by atomic mass is 10.1. The van der Waals surface area contributed by atoms with Crippen molar-refractivity contribution in [3.05, 3.63) is 35.4 Å². The fraction of sp³-hybridized carbons (Fsp3) is 0.222. The maximum atomic E-state index is 7.45. The Balaban J connectivity index is 2.96. The first-order valence-electron chi connectivity index (χ1n) is 3.58. The molecule has 0 spiro atoms. The Hall–Kier alpha value is -1.15. The fourth-order valence-corrected chi connectivity index (χ4v) is 0.951. The van der Waals surface area contributed by atoms with E-state index in [1.807, 2.05) is 31.2 Å². The zero-order valence-corrected chi connectivity index (χ0v) is 6.59. The Bertz CT molecular complexity index is 266. The summed E-state index contributed by atoms with van der Waals surface area (Å²) in [6.07, 6.45) is 0. The molecular formula is C9H12N2. The van der Waals surface area contributed by atoms with Crippen molar-refractivity contribution in [2.75, 3.05) is 6.54 Å². The third-order valence-corrected chi connectivity index (χ3v) is 1.57. The molecule has 11 heavy (non-hydrogen) atoms. The van der Waals surface area contributed by atoms with Gasteiger partial charge in [0.05, 0.1) is 5.71 Å². The highest BCUT2D eigenvalue weighted by Gasteiger charge is 1.96. The Kier molecular flexibility index (Phi) is 2.39. The molecule has 2 nitrogen and oxygen atoms in total. The van der Waals surface area contributed by atoms with E-state index in [-0.39, 0.29) is 0 Å². The van der Waals surface area contributed by atoms with Crippen LogP contribution in [0.25, 0.3) is 0 Å². The molecule has 0 saturated carbocycles. The zero-order valence-electron chi connectivity index (χ0n) is 6.59. The molecular weight excluding hydrogens is 136 g/mol. The zero-order chi connectivity index (χ0) is 8.27. The SMILES string of the molecule is Cc1cccc(C(=N)CN)c1. The van der Waals surface area contributed by atoms with Crippen LogP contribution in [0.1, 0.15) is 11.1 Å². The molecule has 0 aliphatic carbocycles. The number of rotatable bonds is 2. The summed E-state index contributed by atoms with van der Waals surface area (Å²) in [6.45, 7) is 2.32. The molecule has 0 aliphatic heterocycles. The second-order valence-electron chi connectivity index (χ2n) is 2.55. The minimum atomic E-state index is 0.309. The first kappa shape index (κ1) is 7.95. The van der Waals surface area contributed by atoms with Gasteiger partial charge in [0.2, 0.25) is 0 Å². The normalized spacial score (nSPS) is 9.64. The molecule has 3 N–H and O–H groups in total. The highest BCUT2D eigenvalue weighted by atomic mass is 14.6. The molecule has 0 fully saturated rings. The van der Waals surface area contributed by atoms with Crippen LogP contribution in [0.15, 0.2) is 24.3 Å². The quantitative estimate of drug-likeness (QED) is 0.610. The van der Waals surface area contributed by atoms with Crippen molar-refractivity contribution in [2.24, 2.45) is 5.73 Å². The summed E-state index contributed by atoms with van der Waals surface area (Å²) in [7, 11) is 0. The van der Waals surface area contributed by atoms with Gasteiger partial charge in [-0.05, 0) is 12.5 Å². The van der Waals surface area contributed by atoms with Gasteiger partial charge in [0, 0.05) is 6.54 Å². The van der Waals surface area contributed by atoms with Gasteiger partial charge in [0.15, 0.2) is 0 Å². The molecule has 0 aliphatic rings. The lowest BCUT2D eigenvalue weighted by Crippen LogP contribution is -2.13. The van der Waals surface area contributed by atoms with Gasteiger partial charge in [-0.3, -0.25) is 0 Å². The molecule has 0 bridgehead atoms. The Labute approximate surface area is 66.6 Å². The average Bonchev–Trinajstić information content (AvgIpc) is 2.03. The summed E-state index contributed by atoms with van der Waals surface area (Å²) < 4.78 is 0. The molecule has 0 atom stereocenters. The van der Waals surface area contributed by atoms with E-state index in [4.69, 9.17) is 11.1 Å². The van der Waals surface area contributed by atoms with Crippen molar-refractivity contribution in [2.45, 2.75) is 6.92 Å². The summed E-state index contributed by atoms with van der Waals surface area (Å²) >= 11 is 0. The highest BCUT2D eigenvalue weighted by Crippen LogP contribution is 2.03. The lowest BCUT2D eigenvalue weighted by Gasteiger charge is -2.00. The first-order chi connectivity index (χ1) is 5.24. The monoisotopic (exact) mass is 148 g/mol. The number of benzene rings is 1. The third kappa shape index (κ3) is 1.88. The second-order valence-corrected chi connectivity index (χ2v) is 2.55. The van der Waals surface area contributed by atoms with E-state index in [2.05, 4.69) is 0 Å². The van der Waals surface area contributed by atoms with Crippen LogP contribution < -0.4 is 5.73 Å². The van der Waals surface area contributed by atoms with Crippen LogP contribution in [0.3, 0.4) is 0 Å². The predicted molar refractivity (Wildman–Crippen MR) is 47.1 cm³/mol. The molecule has 0 radical (unpaired) electrons. The van der Waals surface area contributed by atoms with Crippen molar-refractivity contribution in [1.29, 1.82) is 5.41 Å². The summed E-state index contributed by atoms with van der Waals surface area (Å²) in [6, 6.07) is 7.82. The second kappa shape index (κ2) is 3.30. The molecule has 58 valence electrons. The van der Waals surface area contributed by atoms with Crippen LogP contribution in [-0.2, 0) is 0 Å². The van der Waals surface area contributed by atoms with Gasteiger partial charge in [0.25, 0.3) is 0 Å². The Morgan fingerprint density at radius 2 is 2.27 bits per heavy atom. The van der Waals surface area contributed by atoms with E-state index in [0.717, 1.165) is 5.56 Å². The van der Waals surface area contributed by atoms with Gasteiger partial charge < -0.3 is 11.1 Å². The first-order valence-corrected chi connectivity index (χ1v) is 3.58. The topological polar surface area (TPSA) is 49.9 Å². The van der Waals surface area contributed by atoms with E-state index in [1.165, 1.54) is 5.56 Å². The molecule has 1 aromatic rings. The average molecular weight is 148 g/mol. The Morgan fingerprint density at radius 1 is 1.55 bits per heavy atom. The predicted octanol–water partition coefficient (Wildman–Crippen LogP) is 1.32. The number of aryl methyl sites for hydroxylation is 1. The maximum Gasteiger partial charge on any atom is 0.0522 e. The maximum absolute atomic E-state index is 7.45. The molecule has 0 amide bonds. The van der Waals surface area contributed by atoms with Gasteiger partial charge in [0.1, 0.15) is 0 Å². The molecule has 0 unspecified atom stereocenters. The summed E-state index contributed by atoms with van der Waals surface area (Å²) in [5, 5.41) is 7.45. The summed E-state index contributed by atoms with van der Waals surface area (Å²) in [5.74, 6) is 0. The van der Waals surface area contributed by atoms with Crippen LogP contribution in [0.5, 0.6) is 0 Å². The molecule has 1 rings (SSSR count). The number of hydrogen-bond acceptors (Lipinski definition) is 2. The highest BCUT2D eigenvalue weighted by molar-refractivity contribution is 5.99. The standard InChI is InChI=1S/C9H12N2/c1-7-3-2-4-8(5-7)9(11)6-10/h2-5,11H,6,10H2,1H3. The van der Waals surface area contributed by atoms with E-state index in [0.29, 0.717) is 12.3 Å². The van der Waals surface area contributed by atoms with Gasteiger partial charge in [-0.15, -0.1) is 0 Å². The minimum Gasteiger partial charge on any atom is -0.325 e. The Morgan fingerprint density at radius 3 is 2.82 bits per heavy atom. The minimum absolute atomic E-state index is 0.309. The largest absolute Gasteiger partial charge is 0.325 e. The van der Waals surface area contributed by atoms with Crippen molar-refractivity contribution in [3.63, 3.8) is 0 Å². The van der Waals surface area contributed by atoms with Crippen LogP contribution in [0, 0.1) is 12.3 Å². The van der Waals surface area contributed by atoms with E-state index >= 15 is 0 Å². The van der Waals surface area contributed by atoms with Crippen LogP contribution in [0.4, 0.5) is 0 Å². The fourth-order valence-electron chi connectivity index (χ4n) is 0.951. The lowest BCUT2D eigenvalue weighted by molar-refractivity contribution is 1.26. The van der Waals surface area contributed by atoms with E-state index < -0.39 is 0 Å². The molecule has 0 heterocycles. The van der Waals surface area contributed by atoms with Crippen molar-refractivity contribution >= 4 is 5.71 Å². The van der Waals surface area contributed by atoms with Crippen molar-refractivity contribution < 1.29 is 0 Å². The van der Waals surface area contributed by atoms with Crippen molar-refractivity contribution in [1.82, 2.24) is 0 Å². The number of hydrogen-bond donors (Lipinski definition) is 2. The van der Waals surface area contributed by atoms with Gasteiger partial charge in [-0.1, -0.05) is 29.8 Å². The van der Waals surface area contributed by atoms with Gasteiger partial charge >= 0.3 is 0 Å². The van der Waals surface area contributed by atoms with Gasteiger partial charge in [-0.2, -0.15) is 0 Å². The molecule has 0 saturated heterocycles. The number of nitrogens with two attached hydrogens (primary N) is 1. The third-order valence-electron chi connectivity index (χ3n) is 1.57. The van der Waals surface area contributed by atoms with Crippen LogP contribution in [-0.4, -0.2) is 12.3 Å². The van der Waals surface area contributed by atoms with Crippen molar-refractivity contribution in [3.8, 4) is 0 Å². The number of nitrogens with one attached hydrogen (secondary N) is 1. The van der Waals surface area contributed by atoms with Gasteiger partial charge in [-0.25, -0.2) is 0 Å². The van der Waals surface area contributed by atoms with Crippen LogP contribution in [0.2, 0.25) is 0 Å². The summed E-state index contributed by atoms with van der Waals surface area (Å²) in [5.41, 5.74) is 7.91.